The predicted octanol–water partition coefficient (Wildman–Crippen LogP) is 1.11. The maximum atomic E-state index is 9.05. The van der Waals surface area contributed by atoms with E-state index >= 15 is 0 Å². The molecule has 4 heteroatoms. The Balaban J connectivity index is 3.10. The van der Waals surface area contributed by atoms with E-state index in [4.69, 9.17) is 5.26 Å². The molecule has 0 amide bonds. The molecule has 0 saturated heterocycles. The zero-order chi connectivity index (χ0) is 10.7. The monoisotopic (exact) mass is 192 g/mol. The van der Waals surface area contributed by atoms with Crippen LogP contribution >= 0.6 is 0 Å². The Morgan fingerprint density at radius 2 is 2.29 bits per heavy atom. The molecule has 76 valence electrons. The lowest BCUT2D eigenvalue weighted by molar-refractivity contribution is 0.356. The van der Waals surface area contributed by atoms with Gasteiger partial charge in [0, 0.05) is 18.8 Å². The average molecular weight is 192 g/mol. The van der Waals surface area contributed by atoms with Crippen molar-refractivity contribution in [2.75, 3.05) is 14.1 Å². The summed E-state index contributed by atoms with van der Waals surface area (Å²) >= 11 is 0. The van der Waals surface area contributed by atoms with Crippen LogP contribution in [0.4, 0.5) is 0 Å². The maximum Gasteiger partial charge on any atom is 0.126 e. The summed E-state index contributed by atoms with van der Waals surface area (Å²) in [6.07, 6.45) is 2.79. The highest BCUT2D eigenvalue weighted by atomic mass is 15.3. The molecular weight excluding hydrogens is 176 g/mol. The standard InChI is InChI=1S/C10H16N4/c1-5-9-8(7-14(4)12-9)10(6-11)13(2)3/h7,10H,5H2,1-4H3. The number of rotatable bonds is 3. The van der Waals surface area contributed by atoms with Gasteiger partial charge in [-0.3, -0.25) is 9.58 Å². The number of nitriles is 1. The van der Waals surface area contributed by atoms with Crippen molar-refractivity contribution in [3.05, 3.63) is 17.5 Å². The Hall–Kier alpha value is -1.34. The minimum atomic E-state index is -0.196. The van der Waals surface area contributed by atoms with Crippen LogP contribution in [0.1, 0.15) is 24.2 Å². The molecular formula is C10H16N4. The molecule has 0 spiro atoms. The highest BCUT2D eigenvalue weighted by Gasteiger charge is 2.18. The van der Waals surface area contributed by atoms with Crippen LogP contribution in [0.15, 0.2) is 6.20 Å². The maximum absolute atomic E-state index is 9.05. The van der Waals surface area contributed by atoms with Gasteiger partial charge in [0.1, 0.15) is 6.04 Å². The van der Waals surface area contributed by atoms with Crippen LogP contribution < -0.4 is 0 Å². The number of nitrogens with zero attached hydrogens (tertiary/aromatic N) is 4. The van der Waals surface area contributed by atoms with E-state index in [9.17, 15) is 0 Å². The summed E-state index contributed by atoms with van der Waals surface area (Å²) in [5.74, 6) is 0. The summed E-state index contributed by atoms with van der Waals surface area (Å²) in [6, 6.07) is 2.08. The summed E-state index contributed by atoms with van der Waals surface area (Å²) in [7, 11) is 5.69. The first-order chi connectivity index (χ1) is 6.60. The van der Waals surface area contributed by atoms with E-state index in [1.165, 1.54) is 0 Å². The van der Waals surface area contributed by atoms with Crippen LogP contribution in [0, 0.1) is 11.3 Å². The molecule has 1 atom stereocenters. The average Bonchev–Trinajstić information content (AvgIpc) is 2.47. The molecule has 0 bridgehead atoms. The minimum absolute atomic E-state index is 0.196. The van der Waals surface area contributed by atoms with Gasteiger partial charge in [0.2, 0.25) is 0 Å². The highest BCUT2D eigenvalue weighted by molar-refractivity contribution is 5.26. The fraction of sp³-hybridized carbons (Fsp3) is 0.600. The number of hydrogen-bond acceptors (Lipinski definition) is 3. The van der Waals surface area contributed by atoms with Gasteiger partial charge < -0.3 is 0 Å². The van der Waals surface area contributed by atoms with E-state index in [0.717, 1.165) is 17.7 Å². The molecule has 0 fully saturated rings. The van der Waals surface area contributed by atoms with Crippen molar-refractivity contribution in [2.45, 2.75) is 19.4 Å². The van der Waals surface area contributed by atoms with Gasteiger partial charge in [-0.05, 0) is 20.5 Å². The second-order valence-electron chi connectivity index (χ2n) is 3.55. The summed E-state index contributed by atoms with van der Waals surface area (Å²) in [5, 5.41) is 13.4. The molecule has 1 aromatic rings. The fourth-order valence-corrected chi connectivity index (χ4v) is 1.52. The minimum Gasteiger partial charge on any atom is -0.290 e. The Labute approximate surface area is 84.7 Å². The van der Waals surface area contributed by atoms with Crippen LogP contribution in [-0.2, 0) is 13.5 Å². The summed E-state index contributed by atoms with van der Waals surface area (Å²) in [4.78, 5) is 1.90. The Morgan fingerprint density at radius 1 is 1.64 bits per heavy atom. The first-order valence-electron chi connectivity index (χ1n) is 4.68. The van der Waals surface area contributed by atoms with E-state index in [-0.39, 0.29) is 6.04 Å². The lowest BCUT2D eigenvalue weighted by Gasteiger charge is -2.16. The van der Waals surface area contributed by atoms with Gasteiger partial charge in [-0.1, -0.05) is 6.92 Å². The number of hydrogen-bond donors (Lipinski definition) is 0. The van der Waals surface area contributed by atoms with Gasteiger partial charge in [-0.25, -0.2) is 0 Å². The molecule has 0 aliphatic heterocycles. The van der Waals surface area contributed by atoms with E-state index in [1.54, 1.807) is 4.68 Å². The molecule has 1 rings (SSSR count). The molecule has 0 aliphatic rings. The molecule has 4 nitrogen and oxygen atoms in total. The van der Waals surface area contributed by atoms with Crippen molar-refractivity contribution in [1.82, 2.24) is 14.7 Å². The van der Waals surface area contributed by atoms with E-state index in [2.05, 4.69) is 18.1 Å². The van der Waals surface area contributed by atoms with E-state index < -0.39 is 0 Å². The lowest BCUT2D eigenvalue weighted by atomic mass is 10.1. The number of aryl methyl sites for hydroxylation is 2. The lowest BCUT2D eigenvalue weighted by Crippen LogP contribution is -2.18. The van der Waals surface area contributed by atoms with Crippen LogP contribution in [-0.4, -0.2) is 28.8 Å². The zero-order valence-electron chi connectivity index (χ0n) is 9.15. The molecule has 1 heterocycles. The van der Waals surface area contributed by atoms with Crippen molar-refractivity contribution in [1.29, 1.82) is 5.26 Å². The van der Waals surface area contributed by atoms with Crippen molar-refractivity contribution in [3.63, 3.8) is 0 Å². The third-order valence-corrected chi connectivity index (χ3v) is 2.21. The normalized spacial score (nSPS) is 12.9. The van der Waals surface area contributed by atoms with Gasteiger partial charge >= 0.3 is 0 Å². The van der Waals surface area contributed by atoms with Crippen LogP contribution in [0.25, 0.3) is 0 Å². The molecule has 1 aromatic heterocycles. The Morgan fingerprint density at radius 3 is 2.71 bits per heavy atom. The third kappa shape index (κ3) is 1.94. The smallest absolute Gasteiger partial charge is 0.126 e. The van der Waals surface area contributed by atoms with Crippen LogP contribution in [0.3, 0.4) is 0 Å². The molecule has 14 heavy (non-hydrogen) atoms. The fourth-order valence-electron chi connectivity index (χ4n) is 1.52. The summed E-state index contributed by atoms with van der Waals surface area (Å²) in [6.45, 7) is 2.05. The van der Waals surface area contributed by atoms with Gasteiger partial charge in [0.25, 0.3) is 0 Å². The SMILES string of the molecule is CCc1nn(C)cc1C(C#N)N(C)C. The first-order valence-corrected chi connectivity index (χ1v) is 4.68. The van der Waals surface area contributed by atoms with Crippen LogP contribution in [0.2, 0.25) is 0 Å². The van der Waals surface area contributed by atoms with E-state index in [1.807, 2.05) is 32.2 Å². The zero-order valence-corrected chi connectivity index (χ0v) is 9.15. The highest BCUT2D eigenvalue weighted by Crippen LogP contribution is 2.20. The Bertz CT molecular complexity index is 345. The molecule has 1 unspecified atom stereocenters. The topological polar surface area (TPSA) is 44.9 Å². The second-order valence-corrected chi connectivity index (χ2v) is 3.55. The molecule has 0 aromatic carbocycles. The van der Waals surface area contributed by atoms with Gasteiger partial charge in [0.05, 0.1) is 11.8 Å². The van der Waals surface area contributed by atoms with Crippen molar-refractivity contribution >= 4 is 0 Å². The van der Waals surface area contributed by atoms with Crippen molar-refractivity contribution < 1.29 is 0 Å². The molecule has 0 radical (unpaired) electrons. The predicted molar refractivity (Wildman–Crippen MR) is 54.6 cm³/mol. The van der Waals surface area contributed by atoms with Crippen molar-refractivity contribution in [3.8, 4) is 6.07 Å². The van der Waals surface area contributed by atoms with Gasteiger partial charge in [-0.15, -0.1) is 0 Å². The molecule has 0 saturated carbocycles. The number of aromatic nitrogens is 2. The van der Waals surface area contributed by atoms with Gasteiger partial charge in [0.15, 0.2) is 0 Å². The van der Waals surface area contributed by atoms with Gasteiger partial charge in [-0.2, -0.15) is 10.4 Å². The summed E-state index contributed by atoms with van der Waals surface area (Å²) in [5.41, 5.74) is 2.02. The first kappa shape index (κ1) is 10.7. The largest absolute Gasteiger partial charge is 0.290 e. The second kappa shape index (κ2) is 4.25. The summed E-state index contributed by atoms with van der Waals surface area (Å²) < 4.78 is 1.77. The van der Waals surface area contributed by atoms with Crippen molar-refractivity contribution in [2.24, 2.45) is 7.05 Å². The Kier molecular flexibility index (Phi) is 3.26. The van der Waals surface area contributed by atoms with E-state index in [0.29, 0.717) is 0 Å². The van der Waals surface area contributed by atoms with Crippen LogP contribution in [0.5, 0.6) is 0 Å². The molecule has 0 aliphatic carbocycles. The third-order valence-electron chi connectivity index (χ3n) is 2.21. The quantitative estimate of drug-likeness (QED) is 0.720. The molecule has 0 N–H and O–H groups in total.